The summed E-state index contributed by atoms with van der Waals surface area (Å²) in [4.78, 5) is 0. The van der Waals surface area contributed by atoms with Gasteiger partial charge in [-0.2, -0.15) is 13.2 Å². The molecule has 0 aliphatic heterocycles. The summed E-state index contributed by atoms with van der Waals surface area (Å²) in [5.41, 5.74) is -0.625. The fraction of sp³-hybridized carbons (Fsp3) is 0.222. The number of alkyl halides is 3. The number of benzene rings is 1. The summed E-state index contributed by atoms with van der Waals surface area (Å²) >= 11 is 0. The van der Waals surface area contributed by atoms with Gasteiger partial charge in [0.1, 0.15) is 0 Å². The van der Waals surface area contributed by atoms with Crippen molar-refractivity contribution in [2.45, 2.75) is 6.18 Å². The van der Waals surface area contributed by atoms with Crippen molar-refractivity contribution < 1.29 is 17.7 Å². The number of aromatic nitrogens is 1. The predicted octanol–water partition coefficient (Wildman–Crippen LogP) is 2.89. The lowest BCUT2D eigenvalue weighted by Gasteiger charge is -2.07. The van der Waals surface area contributed by atoms with Gasteiger partial charge in [-0.15, -0.1) is 0 Å². The summed E-state index contributed by atoms with van der Waals surface area (Å²) in [7, 11) is 1.49. The Morgan fingerprint density at radius 2 is 2.07 bits per heavy atom. The third-order valence-corrected chi connectivity index (χ3v) is 2.04. The Hall–Kier alpha value is -1.72. The SMILES string of the molecule is CNc1noc2cccc(C(F)(F)F)c12. The van der Waals surface area contributed by atoms with Crippen LogP contribution in [-0.4, -0.2) is 12.2 Å². The molecule has 0 fully saturated rings. The second-order valence-corrected chi connectivity index (χ2v) is 2.96. The van der Waals surface area contributed by atoms with Gasteiger partial charge < -0.3 is 9.84 Å². The quantitative estimate of drug-likeness (QED) is 0.796. The van der Waals surface area contributed by atoms with Gasteiger partial charge in [0.2, 0.25) is 0 Å². The molecule has 0 amide bonds. The van der Waals surface area contributed by atoms with E-state index in [1.165, 1.54) is 19.2 Å². The fourth-order valence-corrected chi connectivity index (χ4v) is 1.40. The molecule has 0 saturated heterocycles. The number of nitrogens with one attached hydrogen (secondary N) is 1. The minimum atomic E-state index is -4.41. The van der Waals surface area contributed by atoms with Gasteiger partial charge >= 0.3 is 6.18 Å². The summed E-state index contributed by atoms with van der Waals surface area (Å²) in [5, 5.41) is 6.02. The molecular formula is C9H7F3N2O. The summed E-state index contributed by atoms with van der Waals surface area (Å²) in [6.07, 6.45) is -4.41. The molecule has 0 unspecified atom stereocenters. The molecule has 6 heteroatoms. The lowest BCUT2D eigenvalue weighted by molar-refractivity contribution is -0.136. The van der Waals surface area contributed by atoms with Gasteiger partial charge in [0, 0.05) is 7.05 Å². The Morgan fingerprint density at radius 1 is 1.33 bits per heavy atom. The van der Waals surface area contributed by atoms with E-state index in [-0.39, 0.29) is 16.8 Å². The van der Waals surface area contributed by atoms with Crippen molar-refractivity contribution in [2.24, 2.45) is 0 Å². The molecule has 0 aliphatic carbocycles. The van der Waals surface area contributed by atoms with E-state index in [9.17, 15) is 13.2 Å². The van der Waals surface area contributed by atoms with E-state index in [2.05, 4.69) is 10.5 Å². The molecule has 15 heavy (non-hydrogen) atoms. The van der Waals surface area contributed by atoms with Gasteiger partial charge in [-0.3, -0.25) is 0 Å². The molecule has 1 aromatic carbocycles. The van der Waals surface area contributed by atoms with Gasteiger partial charge in [-0.25, -0.2) is 0 Å². The molecule has 1 N–H and O–H groups in total. The second-order valence-electron chi connectivity index (χ2n) is 2.96. The van der Waals surface area contributed by atoms with Crippen LogP contribution < -0.4 is 5.32 Å². The van der Waals surface area contributed by atoms with Crippen LogP contribution in [0.4, 0.5) is 19.0 Å². The van der Waals surface area contributed by atoms with E-state index >= 15 is 0 Å². The number of fused-ring (bicyclic) bond motifs is 1. The first-order chi connectivity index (χ1) is 7.04. The normalized spacial score (nSPS) is 12.0. The summed E-state index contributed by atoms with van der Waals surface area (Å²) in [6, 6.07) is 3.73. The number of halogens is 3. The third-order valence-electron chi connectivity index (χ3n) is 2.04. The minimum absolute atomic E-state index is 0.0347. The van der Waals surface area contributed by atoms with Gasteiger partial charge in [-0.1, -0.05) is 11.2 Å². The molecule has 80 valence electrons. The monoisotopic (exact) mass is 216 g/mol. The topological polar surface area (TPSA) is 38.1 Å². The Morgan fingerprint density at radius 3 is 2.67 bits per heavy atom. The van der Waals surface area contributed by atoms with Crippen LogP contribution >= 0.6 is 0 Å². The van der Waals surface area contributed by atoms with Crippen LogP contribution in [0.25, 0.3) is 11.0 Å². The number of nitrogens with zero attached hydrogens (tertiary/aromatic N) is 1. The van der Waals surface area contributed by atoms with Crippen molar-refractivity contribution in [1.29, 1.82) is 0 Å². The average Bonchev–Trinajstić information content (AvgIpc) is 2.58. The highest BCUT2D eigenvalue weighted by molar-refractivity contribution is 5.91. The molecule has 0 bridgehead atoms. The standard InChI is InChI=1S/C9H7F3N2O/c1-13-8-7-5(9(10,11)12)3-2-4-6(7)15-14-8/h2-4H,1H3,(H,13,14). The molecule has 0 aliphatic rings. The maximum Gasteiger partial charge on any atom is 0.417 e. The first kappa shape index (κ1) is 9.82. The molecule has 2 aromatic rings. The summed E-state index contributed by atoms with van der Waals surface area (Å²) < 4.78 is 42.6. The Kier molecular flexibility index (Phi) is 2.06. The molecule has 0 atom stereocenters. The lowest BCUT2D eigenvalue weighted by Crippen LogP contribution is -2.05. The van der Waals surface area contributed by atoms with Crippen molar-refractivity contribution in [3.05, 3.63) is 23.8 Å². The highest BCUT2D eigenvalue weighted by Gasteiger charge is 2.34. The van der Waals surface area contributed by atoms with Crippen LogP contribution in [0, 0.1) is 0 Å². The first-order valence-electron chi connectivity index (χ1n) is 4.17. The van der Waals surface area contributed by atoms with Crippen molar-refractivity contribution in [3.63, 3.8) is 0 Å². The first-order valence-corrected chi connectivity index (χ1v) is 4.17. The van der Waals surface area contributed by atoms with E-state index in [0.29, 0.717) is 0 Å². The van der Waals surface area contributed by atoms with Gasteiger partial charge in [0.25, 0.3) is 0 Å². The fourth-order valence-electron chi connectivity index (χ4n) is 1.40. The van der Waals surface area contributed by atoms with E-state index in [4.69, 9.17) is 4.52 Å². The highest BCUT2D eigenvalue weighted by atomic mass is 19.4. The molecule has 3 nitrogen and oxygen atoms in total. The van der Waals surface area contributed by atoms with E-state index in [1.54, 1.807) is 0 Å². The van der Waals surface area contributed by atoms with Crippen molar-refractivity contribution >= 4 is 16.8 Å². The van der Waals surface area contributed by atoms with Crippen LogP contribution in [-0.2, 0) is 6.18 Å². The molecule has 0 radical (unpaired) electrons. The van der Waals surface area contributed by atoms with E-state index < -0.39 is 11.7 Å². The zero-order chi connectivity index (χ0) is 11.1. The van der Waals surface area contributed by atoms with Gasteiger partial charge in [-0.05, 0) is 12.1 Å². The van der Waals surface area contributed by atoms with Crippen molar-refractivity contribution in [3.8, 4) is 0 Å². The van der Waals surface area contributed by atoms with Crippen LogP contribution in [0.1, 0.15) is 5.56 Å². The van der Waals surface area contributed by atoms with Gasteiger partial charge in [0.05, 0.1) is 10.9 Å². The zero-order valence-corrected chi connectivity index (χ0v) is 7.72. The molecule has 1 aromatic heterocycles. The van der Waals surface area contributed by atoms with Crippen molar-refractivity contribution in [1.82, 2.24) is 5.16 Å². The Bertz CT molecular complexity index is 490. The van der Waals surface area contributed by atoms with Crippen molar-refractivity contribution in [2.75, 3.05) is 12.4 Å². The maximum atomic E-state index is 12.6. The largest absolute Gasteiger partial charge is 0.417 e. The Labute approximate surface area is 82.9 Å². The van der Waals surface area contributed by atoms with Crippen LogP contribution in [0.3, 0.4) is 0 Å². The lowest BCUT2D eigenvalue weighted by atomic mass is 10.1. The minimum Gasteiger partial charge on any atom is -0.370 e. The molecule has 0 spiro atoms. The molecule has 2 rings (SSSR count). The smallest absolute Gasteiger partial charge is 0.370 e. The highest BCUT2D eigenvalue weighted by Crippen LogP contribution is 2.37. The van der Waals surface area contributed by atoms with Crippen LogP contribution in [0.15, 0.2) is 22.7 Å². The molecule has 0 saturated carbocycles. The zero-order valence-electron chi connectivity index (χ0n) is 7.72. The van der Waals surface area contributed by atoms with E-state index in [1.807, 2.05) is 0 Å². The Balaban J connectivity index is 2.78. The second kappa shape index (κ2) is 3.15. The van der Waals surface area contributed by atoms with Crippen LogP contribution in [0.2, 0.25) is 0 Å². The summed E-state index contributed by atoms with van der Waals surface area (Å²) in [5.74, 6) is 0.0953. The third kappa shape index (κ3) is 1.51. The summed E-state index contributed by atoms with van der Waals surface area (Å²) in [6.45, 7) is 0. The maximum absolute atomic E-state index is 12.6. The van der Waals surface area contributed by atoms with Gasteiger partial charge in [0.15, 0.2) is 11.4 Å². The van der Waals surface area contributed by atoms with Crippen LogP contribution in [0.5, 0.6) is 0 Å². The number of hydrogen-bond acceptors (Lipinski definition) is 3. The van der Waals surface area contributed by atoms with E-state index in [0.717, 1.165) is 6.07 Å². The number of rotatable bonds is 1. The average molecular weight is 216 g/mol. The molecular weight excluding hydrogens is 209 g/mol. The predicted molar refractivity (Wildman–Crippen MR) is 48.6 cm³/mol. The number of hydrogen-bond donors (Lipinski definition) is 1. The molecule has 1 heterocycles. The number of anilines is 1.